The van der Waals surface area contributed by atoms with E-state index in [4.69, 9.17) is 0 Å². The van der Waals surface area contributed by atoms with Gasteiger partial charge in [-0.25, -0.2) is 0 Å². The van der Waals surface area contributed by atoms with Crippen molar-refractivity contribution >= 4 is 13.3 Å². The van der Waals surface area contributed by atoms with Crippen LogP contribution < -0.4 is 0 Å². The van der Waals surface area contributed by atoms with E-state index in [1.807, 2.05) is 0 Å². The summed E-state index contributed by atoms with van der Waals surface area (Å²) in [5.74, 6) is 6.40. The van der Waals surface area contributed by atoms with Crippen molar-refractivity contribution in [3.05, 3.63) is 11.2 Å². The molecule has 0 aromatic heterocycles. The van der Waals surface area contributed by atoms with Crippen LogP contribution >= 0.6 is 0 Å². The van der Waals surface area contributed by atoms with E-state index in [1.165, 1.54) is 0 Å². The summed E-state index contributed by atoms with van der Waals surface area (Å²) in [6.45, 7) is 0. The van der Waals surface area contributed by atoms with Crippen molar-refractivity contribution in [1.82, 2.24) is 0 Å². The van der Waals surface area contributed by atoms with Crippen LogP contribution in [0.5, 0.6) is 0 Å². The molecule has 0 spiro atoms. The zero-order valence-corrected chi connectivity index (χ0v) is 7.13. The van der Waals surface area contributed by atoms with Gasteiger partial charge in [-0.3, -0.25) is 0 Å². The van der Waals surface area contributed by atoms with Crippen molar-refractivity contribution in [3.8, 4) is 0 Å². The fourth-order valence-electron chi connectivity index (χ4n) is 0.189. The molecule has 0 aromatic rings. The zero-order valence-electron chi connectivity index (χ0n) is 5.03. The van der Waals surface area contributed by atoms with Crippen LogP contribution in [0.4, 0.5) is 4.39 Å². The van der Waals surface area contributed by atoms with Gasteiger partial charge in [-0.05, 0) is 0 Å². The second kappa shape index (κ2) is 2.50. The molecule has 0 aliphatic carbocycles. The Morgan fingerprint density at radius 1 is 1.29 bits per heavy atom. The molecule has 0 aliphatic heterocycles. The minimum absolute atomic E-state index is 0.667. The van der Waals surface area contributed by atoms with E-state index in [1.54, 1.807) is 4.91 Å². The number of rotatable bonds is 1. The van der Waals surface area contributed by atoms with Crippen LogP contribution in [0.1, 0.15) is 0 Å². The van der Waals surface area contributed by atoms with Crippen molar-refractivity contribution in [3.63, 3.8) is 0 Å². The molecule has 0 rings (SSSR count). The van der Waals surface area contributed by atoms with Gasteiger partial charge < -0.3 is 0 Å². The molecule has 0 nitrogen and oxygen atoms in total. The van der Waals surface area contributed by atoms with Gasteiger partial charge in [0.1, 0.15) is 0 Å². The first-order valence-corrected chi connectivity index (χ1v) is 9.85. The molecule has 0 heterocycles. The third kappa shape index (κ3) is 6.21. The summed E-state index contributed by atoms with van der Waals surface area (Å²) in [6.07, 6.45) is 0.667. The third-order valence-corrected chi connectivity index (χ3v) is 2.93. The van der Waals surface area contributed by atoms with Crippen molar-refractivity contribution in [2.75, 3.05) is 0 Å². The van der Waals surface area contributed by atoms with E-state index in [0.29, 0.717) is 6.33 Å². The Morgan fingerprint density at radius 3 is 1.71 bits per heavy atom. The summed E-state index contributed by atoms with van der Waals surface area (Å²) in [4.78, 5) is 1.71. The van der Waals surface area contributed by atoms with Crippen molar-refractivity contribution < 1.29 is 4.39 Å². The maximum absolute atomic E-state index is 11.4. The topological polar surface area (TPSA) is 0 Å². The van der Waals surface area contributed by atoms with E-state index in [0.717, 1.165) is 0 Å². The first kappa shape index (κ1) is 7.21. The average Bonchev–Trinajstić information content (AvgIpc) is 1.30. The van der Waals surface area contributed by atoms with Gasteiger partial charge in [-0.2, -0.15) is 0 Å². The van der Waals surface area contributed by atoms with E-state index in [-0.39, 0.29) is 0 Å². The first-order chi connectivity index (χ1) is 3.06. The summed E-state index contributed by atoms with van der Waals surface area (Å²) < 4.78 is 11.4. The zero-order chi connectivity index (χ0) is 5.91. The molecule has 0 fully saturated rings. The van der Waals surface area contributed by atoms with Gasteiger partial charge in [-0.15, -0.1) is 0 Å². The Bertz CT molecular complexity index is 70.6. The van der Waals surface area contributed by atoms with Gasteiger partial charge in [-0.1, -0.05) is 0 Å². The second-order valence-electron chi connectivity index (χ2n) is 2.66. The molecule has 42 valence electrons. The summed E-state index contributed by atoms with van der Waals surface area (Å²) >= 11 is -1.64. The summed E-state index contributed by atoms with van der Waals surface area (Å²) in [5, 5.41) is 0. The second-order valence-corrected chi connectivity index (χ2v) is 13.3. The fraction of sp³-hybridized carbons (Fsp3) is 0.600. The van der Waals surface area contributed by atoms with Crippen LogP contribution in [0.15, 0.2) is 11.2 Å². The van der Waals surface area contributed by atoms with Crippen LogP contribution in [0.2, 0.25) is 17.3 Å². The van der Waals surface area contributed by atoms with Gasteiger partial charge in [0.25, 0.3) is 0 Å². The Kier molecular flexibility index (Phi) is 2.58. The molecule has 2 heteroatoms. The SMILES string of the molecule is [CH3][Ge]([CH3])([CH3])/[CH]=C\F. The van der Waals surface area contributed by atoms with Crippen molar-refractivity contribution in [2.45, 2.75) is 17.3 Å². The summed E-state index contributed by atoms with van der Waals surface area (Å²) in [6, 6.07) is 0. The molecule has 0 amide bonds. The quantitative estimate of drug-likeness (QED) is 0.520. The van der Waals surface area contributed by atoms with Crippen molar-refractivity contribution in [2.24, 2.45) is 0 Å². The maximum atomic E-state index is 11.4. The molecular formula is C5H11FGe. The number of hydrogen-bond acceptors (Lipinski definition) is 0. The number of halogens is 1. The third-order valence-electron chi connectivity index (χ3n) is 0.563. The monoisotopic (exact) mass is 164 g/mol. The first-order valence-electron chi connectivity index (χ1n) is 2.34. The molecule has 0 saturated heterocycles. The normalized spacial score (nSPS) is 13.1. The van der Waals surface area contributed by atoms with E-state index >= 15 is 0 Å². The Balaban J connectivity index is 3.56. The van der Waals surface area contributed by atoms with Crippen LogP contribution in [-0.2, 0) is 0 Å². The molecule has 0 N–H and O–H groups in total. The van der Waals surface area contributed by atoms with E-state index in [2.05, 4.69) is 17.3 Å². The van der Waals surface area contributed by atoms with Gasteiger partial charge in [0.05, 0.1) is 0 Å². The van der Waals surface area contributed by atoms with Crippen LogP contribution in [0, 0.1) is 0 Å². The van der Waals surface area contributed by atoms with Gasteiger partial charge in [0.2, 0.25) is 0 Å². The van der Waals surface area contributed by atoms with E-state index in [9.17, 15) is 4.39 Å². The fourth-order valence-corrected chi connectivity index (χ4v) is 0.982. The van der Waals surface area contributed by atoms with Crippen LogP contribution in [-0.4, -0.2) is 13.3 Å². The molecule has 7 heavy (non-hydrogen) atoms. The van der Waals surface area contributed by atoms with Gasteiger partial charge in [0.15, 0.2) is 0 Å². The molecule has 0 aliphatic rings. The van der Waals surface area contributed by atoms with Gasteiger partial charge >= 0.3 is 46.2 Å². The molecule has 0 bridgehead atoms. The van der Waals surface area contributed by atoms with Crippen LogP contribution in [0.3, 0.4) is 0 Å². The molecule has 0 unspecified atom stereocenters. The molecule has 0 radical (unpaired) electrons. The van der Waals surface area contributed by atoms with Gasteiger partial charge in [0, 0.05) is 0 Å². The van der Waals surface area contributed by atoms with E-state index < -0.39 is 13.3 Å². The predicted octanol–water partition coefficient (Wildman–Crippen LogP) is 2.35. The Hall–Kier alpha value is 0.213. The Morgan fingerprint density at radius 2 is 1.71 bits per heavy atom. The minimum atomic E-state index is -1.64. The molecule has 0 atom stereocenters. The van der Waals surface area contributed by atoms with Crippen LogP contribution in [0.25, 0.3) is 0 Å². The van der Waals surface area contributed by atoms with Crippen molar-refractivity contribution in [1.29, 1.82) is 0 Å². The Labute approximate surface area is 46.8 Å². The predicted molar refractivity (Wildman–Crippen MR) is 33.6 cm³/mol. The molecular weight excluding hydrogens is 152 g/mol. The molecule has 0 aromatic carbocycles. The number of hydrogen-bond donors (Lipinski definition) is 0. The summed E-state index contributed by atoms with van der Waals surface area (Å²) in [7, 11) is 0. The average molecular weight is 163 g/mol. The summed E-state index contributed by atoms with van der Waals surface area (Å²) in [5.41, 5.74) is 0. The molecule has 0 saturated carbocycles. The standard InChI is InChI=1S/C5H11FGe/c1-7(2,3)5-4-6/h4-5H,1-3H3/b5-4-.